The molecule has 1 unspecified atom stereocenters. The second-order valence-corrected chi connectivity index (χ2v) is 6.64. The molecule has 1 aromatic carbocycles. The van der Waals surface area contributed by atoms with E-state index in [0.29, 0.717) is 25.9 Å². The van der Waals surface area contributed by atoms with Crippen LogP contribution in [0.25, 0.3) is 0 Å². The van der Waals surface area contributed by atoms with Crippen LogP contribution in [0.1, 0.15) is 42.0 Å². The number of piperidine rings is 1. The van der Waals surface area contributed by atoms with E-state index in [0.717, 1.165) is 16.7 Å². The van der Waals surface area contributed by atoms with Gasteiger partial charge in [-0.2, -0.15) is 0 Å². The summed E-state index contributed by atoms with van der Waals surface area (Å²) in [5.74, 6) is -0.510. The second kappa shape index (κ2) is 6.71. The zero-order valence-electron chi connectivity index (χ0n) is 14.4. The van der Waals surface area contributed by atoms with E-state index < -0.39 is 11.5 Å². The van der Waals surface area contributed by atoms with E-state index in [2.05, 4.69) is 17.4 Å². The average molecular weight is 318 g/mol. The molecule has 0 spiro atoms. The third kappa shape index (κ3) is 3.91. The van der Waals surface area contributed by atoms with Gasteiger partial charge in [0.15, 0.2) is 5.60 Å². The highest BCUT2D eigenvalue weighted by molar-refractivity contribution is 5.86. The summed E-state index contributed by atoms with van der Waals surface area (Å²) in [5.41, 5.74) is 3.04. The number of amides is 2. The maximum Gasteiger partial charge on any atom is 0.254 e. The normalized spacial score (nSPS) is 21.2. The SMILES string of the molecule is CC(=O)N1CCCC(O)(C(=O)NCc2c(C)cc(C)cc2C)C1. The van der Waals surface area contributed by atoms with Gasteiger partial charge in [0.25, 0.3) is 5.91 Å². The minimum absolute atomic E-state index is 0.0695. The molecule has 0 bridgehead atoms. The molecule has 5 nitrogen and oxygen atoms in total. The average Bonchev–Trinajstić information content (AvgIpc) is 2.45. The lowest BCUT2D eigenvalue weighted by Crippen LogP contribution is -2.57. The minimum Gasteiger partial charge on any atom is -0.378 e. The van der Waals surface area contributed by atoms with Gasteiger partial charge in [0.05, 0.1) is 6.54 Å². The molecule has 5 heteroatoms. The summed E-state index contributed by atoms with van der Waals surface area (Å²) in [6, 6.07) is 4.17. The molecular weight excluding hydrogens is 292 g/mol. The molecule has 1 aliphatic rings. The quantitative estimate of drug-likeness (QED) is 0.889. The molecule has 23 heavy (non-hydrogen) atoms. The molecule has 1 saturated heterocycles. The lowest BCUT2D eigenvalue weighted by Gasteiger charge is -2.37. The molecule has 1 aromatic rings. The fourth-order valence-electron chi connectivity index (χ4n) is 3.31. The van der Waals surface area contributed by atoms with Crippen molar-refractivity contribution in [1.29, 1.82) is 0 Å². The van der Waals surface area contributed by atoms with Crippen molar-refractivity contribution < 1.29 is 14.7 Å². The van der Waals surface area contributed by atoms with Gasteiger partial charge in [0, 0.05) is 20.0 Å². The monoisotopic (exact) mass is 318 g/mol. The number of nitrogens with zero attached hydrogens (tertiary/aromatic N) is 1. The predicted molar refractivity (Wildman–Crippen MR) is 88.9 cm³/mol. The van der Waals surface area contributed by atoms with Crippen LogP contribution >= 0.6 is 0 Å². The van der Waals surface area contributed by atoms with Gasteiger partial charge >= 0.3 is 0 Å². The third-order valence-corrected chi connectivity index (χ3v) is 4.60. The molecular formula is C18H26N2O3. The van der Waals surface area contributed by atoms with Gasteiger partial charge in [-0.25, -0.2) is 0 Å². The maximum absolute atomic E-state index is 12.5. The number of carbonyl (C=O) groups is 2. The minimum atomic E-state index is -1.49. The lowest BCUT2D eigenvalue weighted by molar-refractivity contribution is -0.150. The van der Waals surface area contributed by atoms with Crippen LogP contribution in [0.5, 0.6) is 0 Å². The second-order valence-electron chi connectivity index (χ2n) is 6.64. The van der Waals surface area contributed by atoms with Gasteiger partial charge in [0.1, 0.15) is 0 Å². The molecule has 1 aliphatic heterocycles. The standard InChI is InChI=1S/C18H26N2O3/c1-12-8-13(2)16(14(3)9-12)10-19-17(22)18(23)6-5-7-20(11-18)15(4)21/h8-9,23H,5-7,10-11H2,1-4H3,(H,19,22). The van der Waals surface area contributed by atoms with Gasteiger partial charge in [-0.05, 0) is 50.3 Å². The number of hydrogen-bond acceptors (Lipinski definition) is 3. The number of aryl methyl sites for hydroxylation is 3. The van der Waals surface area contributed by atoms with Crippen LogP contribution in [0, 0.1) is 20.8 Å². The fraction of sp³-hybridized carbons (Fsp3) is 0.556. The van der Waals surface area contributed by atoms with Crippen molar-refractivity contribution in [2.24, 2.45) is 0 Å². The first-order valence-corrected chi connectivity index (χ1v) is 8.06. The van der Waals surface area contributed by atoms with Crippen LogP contribution < -0.4 is 5.32 Å². The summed E-state index contributed by atoms with van der Waals surface area (Å²) in [6.07, 6.45) is 1.01. The summed E-state index contributed by atoms with van der Waals surface area (Å²) in [5, 5.41) is 13.5. The molecule has 2 N–H and O–H groups in total. The third-order valence-electron chi connectivity index (χ3n) is 4.60. The number of nitrogens with one attached hydrogen (secondary N) is 1. The van der Waals surface area contributed by atoms with Gasteiger partial charge < -0.3 is 15.3 Å². The van der Waals surface area contributed by atoms with Crippen LogP contribution in [0.4, 0.5) is 0 Å². The van der Waals surface area contributed by atoms with E-state index in [1.807, 2.05) is 20.8 Å². The van der Waals surface area contributed by atoms with E-state index >= 15 is 0 Å². The Labute approximate surface area is 137 Å². The molecule has 2 rings (SSSR count). The maximum atomic E-state index is 12.5. The van der Waals surface area contributed by atoms with Crippen molar-refractivity contribution >= 4 is 11.8 Å². The van der Waals surface area contributed by atoms with E-state index in [9.17, 15) is 14.7 Å². The fourth-order valence-corrected chi connectivity index (χ4v) is 3.31. The Hall–Kier alpha value is -1.88. The Balaban J connectivity index is 2.06. The van der Waals surface area contributed by atoms with Crippen molar-refractivity contribution in [1.82, 2.24) is 10.2 Å². The topological polar surface area (TPSA) is 69.6 Å². The molecule has 0 aromatic heterocycles. The van der Waals surface area contributed by atoms with Gasteiger partial charge in [-0.3, -0.25) is 9.59 Å². The first kappa shape index (κ1) is 17.5. The van der Waals surface area contributed by atoms with Crippen molar-refractivity contribution in [3.05, 3.63) is 34.4 Å². The smallest absolute Gasteiger partial charge is 0.254 e. The zero-order chi connectivity index (χ0) is 17.2. The highest BCUT2D eigenvalue weighted by Crippen LogP contribution is 2.22. The molecule has 2 amide bonds. The largest absolute Gasteiger partial charge is 0.378 e. The Bertz CT molecular complexity index is 604. The van der Waals surface area contributed by atoms with Crippen LogP contribution in [0.3, 0.4) is 0 Å². The Morgan fingerprint density at radius 2 is 1.87 bits per heavy atom. The summed E-state index contributed by atoms with van der Waals surface area (Å²) < 4.78 is 0. The van der Waals surface area contributed by atoms with Crippen LogP contribution in [-0.4, -0.2) is 40.5 Å². The highest BCUT2D eigenvalue weighted by Gasteiger charge is 2.40. The van der Waals surface area contributed by atoms with Gasteiger partial charge in [-0.15, -0.1) is 0 Å². The molecule has 126 valence electrons. The van der Waals surface area contributed by atoms with E-state index in [1.54, 1.807) is 0 Å². The number of β-amino-alcohol motifs (C(OH)–C–C–N with tert-alkyl or cyclic N) is 1. The number of aliphatic hydroxyl groups is 1. The number of likely N-dealkylation sites (tertiary alicyclic amines) is 1. The van der Waals surface area contributed by atoms with Crippen molar-refractivity contribution in [2.45, 2.75) is 52.7 Å². The van der Waals surface area contributed by atoms with Crippen LogP contribution in [0.2, 0.25) is 0 Å². The van der Waals surface area contributed by atoms with Crippen LogP contribution in [-0.2, 0) is 16.1 Å². The summed E-state index contributed by atoms with van der Waals surface area (Å²) in [6.45, 7) is 8.61. The van der Waals surface area contributed by atoms with Gasteiger partial charge in [0.2, 0.25) is 5.91 Å². The Kier molecular flexibility index (Phi) is 5.09. The van der Waals surface area contributed by atoms with Crippen molar-refractivity contribution in [3.8, 4) is 0 Å². The number of benzene rings is 1. The molecule has 1 fully saturated rings. The summed E-state index contributed by atoms with van der Waals surface area (Å²) in [7, 11) is 0. The highest BCUT2D eigenvalue weighted by atomic mass is 16.3. The van der Waals surface area contributed by atoms with E-state index in [1.165, 1.54) is 17.4 Å². The molecule has 1 heterocycles. The first-order valence-electron chi connectivity index (χ1n) is 8.06. The predicted octanol–water partition coefficient (Wildman–Crippen LogP) is 1.60. The number of carbonyl (C=O) groups excluding carboxylic acids is 2. The molecule has 1 atom stereocenters. The van der Waals surface area contributed by atoms with E-state index in [4.69, 9.17) is 0 Å². The van der Waals surface area contributed by atoms with E-state index in [-0.39, 0.29) is 12.5 Å². The summed E-state index contributed by atoms with van der Waals surface area (Å²) >= 11 is 0. The van der Waals surface area contributed by atoms with Crippen molar-refractivity contribution in [2.75, 3.05) is 13.1 Å². The number of rotatable bonds is 3. The first-order chi connectivity index (χ1) is 10.7. The Morgan fingerprint density at radius 3 is 2.43 bits per heavy atom. The van der Waals surface area contributed by atoms with Crippen LogP contribution in [0.15, 0.2) is 12.1 Å². The molecule has 0 saturated carbocycles. The Morgan fingerprint density at radius 1 is 1.26 bits per heavy atom. The number of hydrogen-bond donors (Lipinski definition) is 2. The molecule has 0 aliphatic carbocycles. The molecule has 0 radical (unpaired) electrons. The van der Waals surface area contributed by atoms with Gasteiger partial charge in [-0.1, -0.05) is 17.7 Å². The lowest BCUT2D eigenvalue weighted by atomic mass is 9.91. The zero-order valence-corrected chi connectivity index (χ0v) is 14.4. The van der Waals surface area contributed by atoms with Crippen molar-refractivity contribution in [3.63, 3.8) is 0 Å². The summed E-state index contributed by atoms with van der Waals surface area (Å²) in [4.78, 5) is 25.5.